The van der Waals surface area contributed by atoms with Crippen molar-refractivity contribution in [3.05, 3.63) is 41.8 Å². The highest BCUT2D eigenvalue weighted by Gasteiger charge is 2.30. The molecule has 2 aromatic rings. The van der Waals surface area contributed by atoms with Crippen molar-refractivity contribution in [1.82, 2.24) is 4.98 Å². The lowest BCUT2D eigenvalue weighted by Gasteiger charge is -2.05. The minimum absolute atomic E-state index is 0.0416. The summed E-state index contributed by atoms with van der Waals surface area (Å²) in [5, 5.41) is 0. The summed E-state index contributed by atoms with van der Waals surface area (Å²) in [5.41, 5.74) is -0.378. The quantitative estimate of drug-likeness (QED) is 0.751. The molecule has 0 bridgehead atoms. The molecule has 0 saturated carbocycles. The zero-order valence-electron chi connectivity index (χ0n) is 8.46. The van der Waals surface area contributed by atoms with Gasteiger partial charge in [-0.2, -0.15) is 13.2 Å². The van der Waals surface area contributed by atoms with Crippen LogP contribution < -0.4 is 0 Å². The first kappa shape index (κ1) is 11.6. The highest BCUT2D eigenvalue weighted by molar-refractivity contribution is 5.53. The van der Waals surface area contributed by atoms with Gasteiger partial charge in [0.25, 0.3) is 0 Å². The van der Waals surface area contributed by atoms with Gasteiger partial charge in [0.15, 0.2) is 5.76 Å². The van der Waals surface area contributed by atoms with E-state index in [9.17, 15) is 17.6 Å². The number of benzene rings is 1. The molecule has 0 aliphatic rings. The Kier molecular flexibility index (Phi) is 2.87. The van der Waals surface area contributed by atoms with Crippen LogP contribution in [0.5, 0.6) is 0 Å². The van der Waals surface area contributed by atoms with Crippen molar-refractivity contribution in [2.24, 2.45) is 0 Å². The first-order valence-electron chi connectivity index (χ1n) is 4.69. The zero-order valence-corrected chi connectivity index (χ0v) is 8.46. The third-order valence-corrected chi connectivity index (χ3v) is 2.14. The van der Waals surface area contributed by atoms with Gasteiger partial charge in [0, 0.05) is 5.56 Å². The molecule has 1 aromatic carbocycles. The average Bonchev–Trinajstić information content (AvgIpc) is 2.76. The lowest BCUT2D eigenvalue weighted by molar-refractivity contribution is -0.137. The van der Waals surface area contributed by atoms with E-state index in [2.05, 4.69) is 4.98 Å². The van der Waals surface area contributed by atoms with Crippen molar-refractivity contribution in [3.63, 3.8) is 0 Å². The molecule has 0 unspecified atom stereocenters. The number of oxazole rings is 1. The molecule has 0 atom stereocenters. The molecule has 17 heavy (non-hydrogen) atoms. The van der Waals surface area contributed by atoms with Crippen LogP contribution in [0.15, 0.2) is 34.9 Å². The summed E-state index contributed by atoms with van der Waals surface area (Å²) in [4.78, 5) is 3.76. The van der Waals surface area contributed by atoms with Crippen LogP contribution in [0.4, 0.5) is 17.6 Å². The van der Waals surface area contributed by atoms with E-state index in [-0.39, 0.29) is 11.7 Å². The van der Waals surface area contributed by atoms with Crippen LogP contribution in [0.1, 0.15) is 11.3 Å². The summed E-state index contributed by atoms with van der Waals surface area (Å²) in [6.07, 6.45) is -3.17. The maximum absolute atomic E-state index is 12.3. The molecule has 1 heterocycles. The molecule has 0 radical (unpaired) electrons. The summed E-state index contributed by atoms with van der Waals surface area (Å²) >= 11 is 0. The summed E-state index contributed by atoms with van der Waals surface area (Å²) in [5.74, 6) is 0.145. The molecular formula is C11H7F4NO. The summed E-state index contributed by atoms with van der Waals surface area (Å²) in [6.45, 7) is -0.798. The molecule has 6 heteroatoms. The summed E-state index contributed by atoms with van der Waals surface area (Å²) in [6, 6.07) is 4.32. The topological polar surface area (TPSA) is 26.0 Å². The lowest BCUT2D eigenvalue weighted by atomic mass is 10.1. The van der Waals surface area contributed by atoms with Gasteiger partial charge in [0.2, 0.25) is 5.89 Å². The predicted molar refractivity (Wildman–Crippen MR) is 51.8 cm³/mol. The van der Waals surface area contributed by atoms with Gasteiger partial charge in [-0.05, 0) is 24.3 Å². The Morgan fingerprint density at radius 1 is 1.12 bits per heavy atom. The SMILES string of the molecule is FCc1cnc(-c2ccc(C(F)(F)F)cc2)o1. The van der Waals surface area contributed by atoms with E-state index in [1.54, 1.807) is 0 Å². The fourth-order valence-electron chi connectivity index (χ4n) is 1.30. The molecule has 0 aliphatic heterocycles. The second-order valence-corrected chi connectivity index (χ2v) is 3.34. The third-order valence-electron chi connectivity index (χ3n) is 2.14. The van der Waals surface area contributed by atoms with Gasteiger partial charge in [-0.25, -0.2) is 9.37 Å². The van der Waals surface area contributed by atoms with Crippen LogP contribution in [0.2, 0.25) is 0 Å². The van der Waals surface area contributed by atoms with E-state index in [1.165, 1.54) is 18.3 Å². The lowest BCUT2D eigenvalue weighted by Crippen LogP contribution is -2.03. The molecule has 0 aliphatic carbocycles. The molecular weight excluding hydrogens is 238 g/mol. The van der Waals surface area contributed by atoms with E-state index < -0.39 is 18.4 Å². The Hall–Kier alpha value is -1.85. The van der Waals surface area contributed by atoms with E-state index in [4.69, 9.17) is 4.42 Å². The van der Waals surface area contributed by atoms with Crippen LogP contribution in [0.25, 0.3) is 11.5 Å². The van der Waals surface area contributed by atoms with Gasteiger partial charge < -0.3 is 4.42 Å². The van der Waals surface area contributed by atoms with Gasteiger partial charge in [-0.3, -0.25) is 0 Å². The summed E-state index contributed by atoms with van der Waals surface area (Å²) in [7, 11) is 0. The van der Waals surface area contributed by atoms with Gasteiger partial charge in [0.05, 0.1) is 11.8 Å². The number of hydrogen-bond donors (Lipinski definition) is 0. The number of aromatic nitrogens is 1. The number of nitrogens with zero attached hydrogens (tertiary/aromatic N) is 1. The fraction of sp³-hybridized carbons (Fsp3) is 0.182. The number of rotatable bonds is 2. The van der Waals surface area contributed by atoms with E-state index in [0.717, 1.165) is 12.1 Å². The second kappa shape index (κ2) is 4.20. The Labute approximate surface area is 93.9 Å². The summed E-state index contributed by atoms with van der Waals surface area (Å²) < 4.78 is 54.0. The standard InChI is InChI=1S/C11H7F4NO/c12-5-9-6-16-10(17-9)7-1-3-8(4-2-7)11(13,14)15/h1-4,6H,5H2. The van der Waals surface area contributed by atoms with E-state index in [0.29, 0.717) is 5.56 Å². The largest absolute Gasteiger partial charge is 0.438 e. The van der Waals surface area contributed by atoms with Crippen molar-refractivity contribution in [2.45, 2.75) is 12.9 Å². The first-order chi connectivity index (χ1) is 8.00. The van der Waals surface area contributed by atoms with E-state index in [1.807, 2.05) is 0 Å². The minimum Gasteiger partial charge on any atom is -0.438 e. The van der Waals surface area contributed by atoms with Gasteiger partial charge in [-0.15, -0.1) is 0 Å². The van der Waals surface area contributed by atoms with E-state index >= 15 is 0 Å². The Morgan fingerprint density at radius 3 is 2.24 bits per heavy atom. The predicted octanol–water partition coefficient (Wildman–Crippen LogP) is 3.83. The van der Waals surface area contributed by atoms with Crippen LogP contribution in [0.3, 0.4) is 0 Å². The van der Waals surface area contributed by atoms with Crippen molar-refractivity contribution in [3.8, 4) is 11.5 Å². The number of halogens is 4. The Bertz CT molecular complexity index is 501. The number of hydrogen-bond acceptors (Lipinski definition) is 2. The molecule has 0 saturated heterocycles. The van der Waals surface area contributed by atoms with Crippen molar-refractivity contribution < 1.29 is 22.0 Å². The zero-order chi connectivity index (χ0) is 12.5. The second-order valence-electron chi connectivity index (χ2n) is 3.34. The smallest absolute Gasteiger partial charge is 0.416 e. The average molecular weight is 245 g/mol. The molecule has 2 nitrogen and oxygen atoms in total. The molecule has 90 valence electrons. The maximum Gasteiger partial charge on any atom is 0.416 e. The minimum atomic E-state index is -4.38. The fourth-order valence-corrected chi connectivity index (χ4v) is 1.30. The van der Waals surface area contributed by atoms with Crippen LogP contribution in [-0.4, -0.2) is 4.98 Å². The van der Waals surface area contributed by atoms with Crippen molar-refractivity contribution in [1.29, 1.82) is 0 Å². The van der Waals surface area contributed by atoms with Gasteiger partial charge >= 0.3 is 6.18 Å². The van der Waals surface area contributed by atoms with Crippen LogP contribution in [-0.2, 0) is 12.9 Å². The molecule has 0 fully saturated rings. The number of alkyl halides is 4. The van der Waals surface area contributed by atoms with Crippen molar-refractivity contribution >= 4 is 0 Å². The Morgan fingerprint density at radius 2 is 1.76 bits per heavy atom. The first-order valence-corrected chi connectivity index (χ1v) is 4.69. The molecule has 2 rings (SSSR count). The highest BCUT2D eigenvalue weighted by Crippen LogP contribution is 2.30. The van der Waals surface area contributed by atoms with Gasteiger partial charge in [0.1, 0.15) is 6.67 Å². The third kappa shape index (κ3) is 2.46. The monoisotopic (exact) mass is 245 g/mol. The Balaban J connectivity index is 2.29. The molecule has 1 aromatic heterocycles. The van der Waals surface area contributed by atoms with Crippen LogP contribution in [0, 0.1) is 0 Å². The van der Waals surface area contributed by atoms with Crippen LogP contribution >= 0.6 is 0 Å². The molecule has 0 amide bonds. The van der Waals surface area contributed by atoms with Crippen molar-refractivity contribution in [2.75, 3.05) is 0 Å². The normalized spacial score (nSPS) is 11.8. The van der Waals surface area contributed by atoms with Gasteiger partial charge in [-0.1, -0.05) is 0 Å². The molecule has 0 spiro atoms. The molecule has 0 N–H and O–H groups in total. The highest BCUT2D eigenvalue weighted by atomic mass is 19.4. The maximum atomic E-state index is 12.3.